The van der Waals surface area contributed by atoms with Crippen molar-refractivity contribution in [2.24, 2.45) is 0 Å². The van der Waals surface area contributed by atoms with Crippen molar-refractivity contribution < 1.29 is 19.0 Å². The monoisotopic (exact) mass is 392 g/mol. The first-order valence-electron chi connectivity index (χ1n) is 8.58. The molecule has 2 aromatic rings. The van der Waals surface area contributed by atoms with E-state index in [0.29, 0.717) is 41.8 Å². The molecular weight excluding hydrogens is 368 g/mol. The fraction of sp³-hybridized carbons (Fsp3) is 0.350. The van der Waals surface area contributed by atoms with Crippen molar-refractivity contribution in [1.29, 1.82) is 0 Å². The van der Waals surface area contributed by atoms with Crippen molar-refractivity contribution >= 4 is 23.2 Å². The summed E-state index contributed by atoms with van der Waals surface area (Å²) in [5, 5.41) is 3.18. The molecule has 27 heavy (non-hydrogen) atoms. The number of ether oxygens (including phenoxy) is 3. The number of rotatable bonds is 9. The molecule has 0 saturated carbocycles. The number of aryl methyl sites for hydroxylation is 1. The number of hydrogen-bond donors (Lipinski definition) is 2. The van der Waals surface area contributed by atoms with Gasteiger partial charge in [-0.25, -0.2) is 0 Å². The largest absolute Gasteiger partial charge is 0.496 e. The maximum absolute atomic E-state index is 12.6. The normalized spacial score (nSPS) is 10.5. The Morgan fingerprint density at radius 1 is 1.15 bits per heavy atom. The first-order valence-corrected chi connectivity index (χ1v) is 8.96. The molecule has 0 saturated heterocycles. The highest BCUT2D eigenvalue weighted by atomic mass is 35.5. The Balaban J connectivity index is 2.10. The fourth-order valence-corrected chi connectivity index (χ4v) is 2.68. The van der Waals surface area contributed by atoms with Crippen LogP contribution < -0.4 is 20.5 Å². The van der Waals surface area contributed by atoms with E-state index < -0.39 is 0 Å². The second-order valence-corrected chi connectivity index (χ2v) is 6.47. The van der Waals surface area contributed by atoms with Crippen LogP contribution in [-0.2, 0) is 11.3 Å². The molecule has 0 atom stereocenters. The van der Waals surface area contributed by atoms with Gasteiger partial charge in [0.2, 0.25) is 0 Å². The van der Waals surface area contributed by atoms with Crippen LogP contribution >= 0.6 is 11.6 Å². The van der Waals surface area contributed by atoms with Gasteiger partial charge in [-0.15, -0.1) is 0 Å². The molecule has 0 heterocycles. The van der Waals surface area contributed by atoms with E-state index in [0.717, 1.165) is 23.3 Å². The van der Waals surface area contributed by atoms with Crippen LogP contribution in [0.4, 0.5) is 5.69 Å². The summed E-state index contributed by atoms with van der Waals surface area (Å²) in [6.07, 6.45) is 0.789. The van der Waals surface area contributed by atoms with E-state index in [4.69, 9.17) is 31.5 Å². The second kappa shape index (κ2) is 10.0. The van der Waals surface area contributed by atoms with E-state index in [1.165, 1.54) is 19.2 Å². The molecule has 0 aliphatic heterocycles. The van der Waals surface area contributed by atoms with Gasteiger partial charge in [0, 0.05) is 38.3 Å². The van der Waals surface area contributed by atoms with Gasteiger partial charge >= 0.3 is 0 Å². The summed E-state index contributed by atoms with van der Waals surface area (Å²) in [4.78, 5) is 12.6. The third-order valence-electron chi connectivity index (χ3n) is 3.98. The lowest BCUT2D eigenvalue weighted by molar-refractivity contribution is 0.0947. The lowest BCUT2D eigenvalue weighted by Gasteiger charge is -2.14. The van der Waals surface area contributed by atoms with Crippen LogP contribution in [0.15, 0.2) is 30.3 Å². The molecule has 0 fully saturated rings. The van der Waals surface area contributed by atoms with Crippen LogP contribution in [0.1, 0.15) is 27.9 Å². The van der Waals surface area contributed by atoms with Crippen molar-refractivity contribution in [3.63, 3.8) is 0 Å². The summed E-state index contributed by atoms with van der Waals surface area (Å²) in [5.74, 6) is 0.808. The average molecular weight is 393 g/mol. The standard InChI is InChI=1S/C20H25ClN2O4/c1-13-5-6-14(18(9-13)27-8-4-7-25-2)12-23-20(24)15-10-16(21)17(22)11-19(15)26-3/h5-6,9-11H,4,7-8,12,22H2,1-3H3,(H,23,24). The number of amides is 1. The Bertz CT molecular complexity index is 796. The number of nitrogen functional groups attached to an aromatic ring is 1. The van der Waals surface area contributed by atoms with Crippen molar-refractivity contribution in [1.82, 2.24) is 5.32 Å². The zero-order chi connectivity index (χ0) is 19.8. The number of nitrogens with one attached hydrogen (secondary N) is 1. The van der Waals surface area contributed by atoms with Crippen LogP contribution in [-0.4, -0.2) is 33.3 Å². The van der Waals surface area contributed by atoms with Gasteiger partial charge in [0.1, 0.15) is 11.5 Å². The number of carbonyl (C=O) groups excluding carboxylic acids is 1. The fourth-order valence-electron chi connectivity index (χ4n) is 2.51. The van der Waals surface area contributed by atoms with Crippen LogP contribution in [0.2, 0.25) is 5.02 Å². The molecule has 1 amide bonds. The summed E-state index contributed by atoms with van der Waals surface area (Å²) in [5.41, 5.74) is 8.41. The van der Waals surface area contributed by atoms with Crippen molar-refractivity contribution in [3.05, 3.63) is 52.0 Å². The molecule has 0 unspecified atom stereocenters. The number of carbonyl (C=O) groups is 1. The van der Waals surface area contributed by atoms with Gasteiger partial charge in [0.05, 0.1) is 30.0 Å². The molecule has 2 aromatic carbocycles. The quantitative estimate of drug-likeness (QED) is 0.503. The summed E-state index contributed by atoms with van der Waals surface area (Å²) >= 11 is 6.04. The molecule has 2 rings (SSSR count). The molecule has 0 aliphatic carbocycles. The maximum Gasteiger partial charge on any atom is 0.255 e. The third kappa shape index (κ3) is 5.77. The number of hydrogen-bond acceptors (Lipinski definition) is 5. The van der Waals surface area contributed by atoms with E-state index in [1.54, 1.807) is 7.11 Å². The Morgan fingerprint density at radius 2 is 1.93 bits per heavy atom. The second-order valence-electron chi connectivity index (χ2n) is 6.06. The SMILES string of the molecule is COCCCOc1cc(C)ccc1CNC(=O)c1cc(Cl)c(N)cc1OC. The summed E-state index contributed by atoms with van der Waals surface area (Å²) in [6, 6.07) is 8.91. The maximum atomic E-state index is 12.6. The van der Waals surface area contributed by atoms with Crippen molar-refractivity contribution in [2.45, 2.75) is 19.9 Å². The molecule has 3 N–H and O–H groups in total. The minimum absolute atomic E-state index is 0.304. The third-order valence-corrected chi connectivity index (χ3v) is 4.30. The summed E-state index contributed by atoms with van der Waals surface area (Å²) in [7, 11) is 3.14. The van der Waals surface area contributed by atoms with E-state index in [9.17, 15) is 4.79 Å². The van der Waals surface area contributed by atoms with Crippen molar-refractivity contribution in [2.75, 3.05) is 33.2 Å². The van der Waals surface area contributed by atoms with Gasteiger partial charge in [-0.05, 0) is 24.6 Å². The molecule has 146 valence electrons. The number of halogens is 1. The molecule has 0 bridgehead atoms. The highest BCUT2D eigenvalue weighted by molar-refractivity contribution is 6.33. The Kier molecular flexibility index (Phi) is 7.76. The predicted octanol–water partition coefficient (Wildman–Crippen LogP) is 3.58. The minimum Gasteiger partial charge on any atom is -0.496 e. The minimum atomic E-state index is -0.306. The number of methoxy groups -OCH3 is 2. The number of anilines is 1. The molecule has 6 nitrogen and oxygen atoms in total. The van der Waals surface area contributed by atoms with Crippen LogP contribution in [0.25, 0.3) is 0 Å². The number of nitrogens with two attached hydrogens (primary N) is 1. The average Bonchev–Trinajstić information content (AvgIpc) is 2.66. The Morgan fingerprint density at radius 3 is 2.63 bits per heavy atom. The molecule has 0 spiro atoms. The van der Waals surface area contributed by atoms with Crippen LogP contribution in [0.3, 0.4) is 0 Å². The lowest BCUT2D eigenvalue weighted by Crippen LogP contribution is -2.24. The zero-order valence-electron chi connectivity index (χ0n) is 15.8. The lowest BCUT2D eigenvalue weighted by atomic mass is 10.1. The smallest absolute Gasteiger partial charge is 0.255 e. The van der Waals surface area contributed by atoms with Gasteiger partial charge < -0.3 is 25.3 Å². The highest BCUT2D eigenvalue weighted by Crippen LogP contribution is 2.29. The zero-order valence-corrected chi connectivity index (χ0v) is 16.6. The Hall–Kier alpha value is -2.44. The van der Waals surface area contributed by atoms with Gasteiger partial charge in [0.25, 0.3) is 5.91 Å². The predicted molar refractivity (Wildman–Crippen MR) is 107 cm³/mol. The van der Waals surface area contributed by atoms with E-state index in [1.807, 2.05) is 25.1 Å². The van der Waals surface area contributed by atoms with Crippen LogP contribution in [0, 0.1) is 6.92 Å². The van der Waals surface area contributed by atoms with E-state index in [-0.39, 0.29) is 5.91 Å². The van der Waals surface area contributed by atoms with E-state index in [2.05, 4.69) is 5.32 Å². The van der Waals surface area contributed by atoms with Crippen molar-refractivity contribution in [3.8, 4) is 11.5 Å². The summed E-state index contributed by atoms with van der Waals surface area (Å²) in [6.45, 7) is 3.48. The number of benzene rings is 2. The summed E-state index contributed by atoms with van der Waals surface area (Å²) < 4.78 is 16.1. The van der Waals surface area contributed by atoms with Crippen LogP contribution in [0.5, 0.6) is 11.5 Å². The molecule has 0 aromatic heterocycles. The first-order chi connectivity index (χ1) is 13.0. The van der Waals surface area contributed by atoms with Gasteiger partial charge in [-0.3, -0.25) is 4.79 Å². The molecular formula is C20H25ClN2O4. The van der Waals surface area contributed by atoms with E-state index >= 15 is 0 Å². The molecule has 7 heteroatoms. The van der Waals surface area contributed by atoms with Gasteiger partial charge in [0.15, 0.2) is 0 Å². The Labute approximate surface area is 164 Å². The highest BCUT2D eigenvalue weighted by Gasteiger charge is 2.15. The van der Waals surface area contributed by atoms with Gasteiger partial charge in [-0.1, -0.05) is 23.7 Å². The molecule has 0 aliphatic rings. The topological polar surface area (TPSA) is 82.8 Å². The van der Waals surface area contributed by atoms with Gasteiger partial charge in [-0.2, -0.15) is 0 Å². The molecule has 0 radical (unpaired) electrons. The first kappa shape index (κ1) is 20.9.